The summed E-state index contributed by atoms with van der Waals surface area (Å²) in [6.45, 7) is 0.616. The van der Waals surface area contributed by atoms with Gasteiger partial charge in [-0.3, -0.25) is 10.1 Å². The lowest BCUT2D eigenvalue weighted by atomic mass is 10.2. The summed E-state index contributed by atoms with van der Waals surface area (Å²) >= 11 is 1.39. The summed E-state index contributed by atoms with van der Waals surface area (Å²) in [4.78, 5) is 11.9. The predicted octanol–water partition coefficient (Wildman–Crippen LogP) is 4.20. The van der Waals surface area contributed by atoms with Crippen LogP contribution < -0.4 is 10.1 Å². The maximum Gasteiger partial charge on any atom is 0.250 e. The quantitative estimate of drug-likeness (QED) is 0.480. The van der Waals surface area contributed by atoms with Crippen LogP contribution in [0.1, 0.15) is 17.0 Å². The third kappa shape index (κ3) is 5.82. The number of ether oxygens (including phenoxy) is 1. The van der Waals surface area contributed by atoms with E-state index in [2.05, 4.69) is 15.5 Å². The van der Waals surface area contributed by atoms with Crippen molar-refractivity contribution in [2.24, 2.45) is 0 Å². The van der Waals surface area contributed by atoms with E-state index in [0.717, 1.165) is 29.2 Å². The van der Waals surface area contributed by atoms with Crippen LogP contribution in [0.5, 0.6) is 5.75 Å². The van der Waals surface area contributed by atoms with Gasteiger partial charge < -0.3 is 4.74 Å². The fourth-order valence-corrected chi connectivity index (χ4v) is 3.00. The molecule has 0 aliphatic carbocycles. The lowest BCUT2D eigenvalue weighted by Crippen LogP contribution is -2.07. The third-order valence-electron chi connectivity index (χ3n) is 3.47. The number of hydrogen-bond acceptors (Lipinski definition) is 5. The molecule has 1 aromatic heterocycles. The van der Waals surface area contributed by atoms with Gasteiger partial charge in [-0.25, -0.2) is 0 Å². The van der Waals surface area contributed by atoms with Crippen molar-refractivity contribution in [2.75, 3.05) is 11.9 Å². The van der Waals surface area contributed by atoms with E-state index in [9.17, 15) is 4.79 Å². The lowest BCUT2D eigenvalue weighted by molar-refractivity contribution is -0.111. The van der Waals surface area contributed by atoms with Crippen molar-refractivity contribution >= 4 is 28.5 Å². The first-order valence-corrected chi connectivity index (χ1v) is 9.15. The Kier molecular flexibility index (Phi) is 6.50. The molecule has 1 heterocycles. The van der Waals surface area contributed by atoms with Gasteiger partial charge in [0.2, 0.25) is 11.0 Å². The maximum absolute atomic E-state index is 11.9. The van der Waals surface area contributed by atoms with E-state index < -0.39 is 0 Å². The number of para-hydroxylation sites is 1. The van der Waals surface area contributed by atoms with Gasteiger partial charge in [-0.1, -0.05) is 59.9 Å². The number of hydrogen-bond donors (Lipinski definition) is 1. The summed E-state index contributed by atoms with van der Waals surface area (Å²) in [6, 6.07) is 19.4. The fourth-order valence-electron chi connectivity index (χ4n) is 2.22. The molecule has 0 fully saturated rings. The number of amides is 1. The molecule has 6 heteroatoms. The number of nitrogens with zero attached hydrogens (tertiary/aromatic N) is 2. The van der Waals surface area contributed by atoms with Crippen LogP contribution in [-0.2, 0) is 11.2 Å². The Hall–Kier alpha value is -2.99. The standard InChI is InChI=1S/C20H19N3O2S/c24-18(14-13-16-8-3-1-4-9-16)21-20-23-22-19(26-20)12-7-15-25-17-10-5-2-6-11-17/h1-6,8-11,13-14H,7,12,15H2,(H,21,23,24)/b14-13+. The van der Waals surface area contributed by atoms with Gasteiger partial charge in [0.15, 0.2) is 0 Å². The fraction of sp³-hybridized carbons (Fsp3) is 0.150. The van der Waals surface area contributed by atoms with Crippen LogP contribution in [-0.4, -0.2) is 22.7 Å². The Balaban J connectivity index is 1.41. The zero-order valence-electron chi connectivity index (χ0n) is 14.2. The molecule has 0 radical (unpaired) electrons. The van der Waals surface area contributed by atoms with E-state index in [-0.39, 0.29) is 5.91 Å². The largest absolute Gasteiger partial charge is 0.494 e. The van der Waals surface area contributed by atoms with Crippen molar-refractivity contribution in [1.82, 2.24) is 10.2 Å². The van der Waals surface area contributed by atoms with Crippen molar-refractivity contribution in [1.29, 1.82) is 0 Å². The second kappa shape index (κ2) is 9.48. The highest BCUT2D eigenvalue weighted by molar-refractivity contribution is 7.15. The Bertz CT molecular complexity index is 848. The smallest absolute Gasteiger partial charge is 0.250 e. The molecular weight excluding hydrogens is 346 g/mol. The minimum Gasteiger partial charge on any atom is -0.494 e. The molecule has 0 aliphatic rings. The first kappa shape index (κ1) is 17.8. The summed E-state index contributed by atoms with van der Waals surface area (Å²) in [5, 5.41) is 12.2. The minimum atomic E-state index is -0.219. The first-order valence-electron chi connectivity index (χ1n) is 8.34. The van der Waals surface area contributed by atoms with Crippen LogP contribution in [0.4, 0.5) is 5.13 Å². The summed E-state index contributed by atoms with van der Waals surface area (Å²) in [5.41, 5.74) is 0.971. The number of rotatable bonds is 8. The Morgan fingerprint density at radius 1 is 1.04 bits per heavy atom. The first-order chi connectivity index (χ1) is 12.8. The molecule has 3 aromatic rings. The zero-order chi connectivity index (χ0) is 18.0. The van der Waals surface area contributed by atoms with Gasteiger partial charge in [-0.05, 0) is 30.2 Å². The minimum absolute atomic E-state index is 0.219. The van der Waals surface area contributed by atoms with E-state index in [0.29, 0.717) is 11.7 Å². The highest BCUT2D eigenvalue weighted by atomic mass is 32.1. The van der Waals surface area contributed by atoms with E-state index in [1.165, 1.54) is 17.4 Å². The van der Waals surface area contributed by atoms with Gasteiger partial charge >= 0.3 is 0 Å². The van der Waals surface area contributed by atoms with Crippen LogP contribution in [0.25, 0.3) is 6.08 Å². The third-order valence-corrected chi connectivity index (χ3v) is 4.37. The molecule has 0 unspecified atom stereocenters. The summed E-state index contributed by atoms with van der Waals surface area (Å²) in [5.74, 6) is 0.645. The van der Waals surface area contributed by atoms with E-state index in [1.807, 2.05) is 60.7 Å². The van der Waals surface area contributed by atoms with Crippen molar-refractivity contribution in [2.45, 2.75) is 12.8 Å². The molecule has 0 bridgehead atoms. The Labute approximate surface area is 156 Å². The molecule has 2 aromatic carbocycles. The molecule has 26 heavy (non-hydrogen) atoms. The number of aryl methyl sites for hydroxylation is 1. The number of carbonyl (C=O) groups excluding carboxylic acids is 1. The van der Waals surface area contributed by atoms with Crippen molar-refractivity contribution in [3.8, 4) is 5.75 Å². The topological polar surface area (TPSA) is 64.1 Å². The van der Waals surface area contributed by atoms with Crippen LogP contribution in [0.3, 0.4) is 0 Å². The molecule has 0 spiro atoms. The van der Waals surface area contributed by atoms with E-state index >= 15 is 0 Å². The summed E-state index contributed by atoms with van der Waals surface area (Å²) in [6.07, 6.45) is 4.86. The van der Waals surface area contributed by atoms with Crippen molar-refractivity contribution < 1.29 is 9.53 Å². The van der Waals surface area contributed by atoms with Gasteiger partial charge in [0.05, 0.1) is 6.61 Å². The molecule has 5 nitrogen and oxygen atoms in total. The molecule has 1 N–H and O–H groups in total. The van der Waals surface area contributed by atoms with Crippen molar-refractivity contribution in [3.63, 3.8) is 0 Å². The van der Waals surface area contributed by atoms with Crippen LogP contribution >= 0.6 is 11.3 Å². The van der Waals surface area contributed by atoms with E-state index in [4.69, 9.17) is 4.74 Å². The normalized spacial score (nSPS) is 10.8. The van der Waals surface area contributed by atoms with E-state index in [1.54, 1.807) is 6.08 Å². The Morgan fingerprint density at radius 3 is 2.54 bits per heavy atom. The second-order valence-electron chi connectivity index (χ2n) is 5.50. The average molecular weight is 365 g/mol. The number of nitrogens with one attached hydrogen (secondary N) is 1. The number of benzene rings is 2. The molecule has 0 saturated carbocycles. The molecular formula is C20H19N3O2S. The van der Waals surface area contributed by atoms with Gasteiger partial charge in [0, 0.05) is 12.5 Å². The van der Waals surface area contributed by atoms with Crippen LogP contribution in [0.15, 0.2) is 66.7 Å². The van der Waals surface area contributed by atoms with Gasteiger partial charge in [-0.2, -0.15) is 0 Å². The molecule has 0 aliphatic heterocycles. The summed E-state index contributed by atoms with van der Waals surface area (Å²) in [7, 11) is 0. The van der Waals surface area contributed by atoms with Gasteiger partial charge in [-0.15, -0.1) is 10.2 Å². The lowest BCUT2D eigenvalue weighted by Gasteiger charge is -2.04. The second-order valence-corrected chi connectivity index (χ2v) is 6.56. The molecule has 1 amide bonds. The van der Waals surface area contributed by atoms with Crippen LogP contribution in [0, 0.1) is 0 Å². The predicted molar refractivity (Wildman–Crippen MR) is 104 cm³/mol. The average Bonchev–Trinajstić information content (AvgIpc) is 3.12. The zero-order valence-corrected chi connectivity index (χ0v) is 15.0. The maximum atomic E-state index is 11.9. The number of anilines is 1. The molecule has 132 valence electrons. The van der Waals surface area contributed by atoms with Crippen LogP contribution in [0.2, 0.25) is 0 Å². The number of carbonyl (C=O) groups is 1. The van der Waals surface area contributed by atoms with Gasteiger partial charge in [0.25, 0.3) is 0 Å². The molecule has 0 atom stereocenters. The summed E-state index contributed by atoms with van der Waals surface area (Å²) < 4.78 is 5.65. The number of aromatic nitrogens is 2. The monoisotopic (exact) mass is 365 g/mol. The Morgan fingerprint density at radius 2 is 1.77 bits per heavy atom. The molecule has 3 rings (SSSR count). The highest BCUT2D eigenvalue weighted by Gasteiger charge is 2.06. The SMILES string of the molecule is O=C(/C=C/c1ccccc1)Nc1nnc(CCCOc2ccccc2)s1. The highest BCUT2D eigenvalue weighted by Crippen LogP contribution is 2.17. The molecule has 0 saturated heterocycles. The van der Waals surface area contributed by atoms with Gasteiger partial charge in [0.1, 0.15) is 10.8 Å². The van der Waals surface area contributed by atoms with Crippen molar-refractivity contribution in [3.05, 3.63) is 77.3 Å².